The summed E-state index contributed by atoms with van der Waals surface area (Å²) < 4.78 is 8.08. The zero-order chi connectivity index (χ0) is 15.7. The summed E-state index contributed by atoms with van der Waals surface area (Å²) in [6, 6.07) is 10.1. The zero-order valence-corrected chi connectivity index (χ0v) is 14.8. The van der Waals surface area contributed by atoms with E-state index in [-0.39, 0.29) is 5.04 Å². The van der Waals surface area contributed by atoms with Gasteiger partial charge in [0.2, 0.25) is 8.32 Å². The molecule has 0 spiro atoms. The van der Waals surface area contributed by atoms with Crippen LogP contribution in [-0.2, 0) is 7.05 Å². The van der Waals surface area contributed by atoms with Crippen molar-refractivity contribution in [2.45, 2.75) is 38.9 Å². The van der Waals surface area contributed by atoms with Crippen LogP contribution < -0.4 is 9.74 Å². The highest BCUT2D eigenvalue weighted by molar-refractivity contribution is 6.74. The van der Waals surface area contributed by atoms with Crippen LogP contribution in [0, 0.1) is 0 Å². The molecule has 2 rings (SSSR count). The summed E-state index contributed by atoms with van der Waals surface area (Å²) in [6.07, 6.45) is 1.78. The van der Waals surface area contributed by atoms with Crippen molar-refractivity contribution in [1.82, 2.24) is 9.78 Å². The monoisotopic (exact) mass is 303 g/mol. The van der Waals surface area contributed by atoms with Crippen LogP contribution in [0.25, 0.3) is 0 Å². The van der Waals surface area contributed by atoms with E-state index in [0.29, 0.717) is 0 Å². The Morgan fingerprint density at radius 2 is 1.71 bits per heavy atom. The first-order valence-corrected chi connectivity index (χ1v) is 10.1. The summed E-state index contributed by atoms with van der Waals surface area (Å²) >= 11 is 0. The van der Waals surface area contributed by atoms with Gasteiger partial charge in [-0.2, -0.15) is 5.10 Å². The second-order valence-corrected chi connectivity index (χ2v) is 11.6. The average Bonchev–Trinajstić information content (AvgIpc) is 2.76. The van der Waals surface area contributed by atoms with Crippen LogP contribution in [0.2, 0.25) is 18.1 Å². The highest BCUT2D eigenvalue weighted by Gasteiger charge is 2.38. The molecule has 0 unspecified atom stereocenters. The lowest BCUT2D eigenvalue weighted by molar-refractivity contribution is 0.492. The molecule has 0 saturated carbocycles. The molecule has 0 saturated heterocycles. The molecule has 0 bridgehead atoms. The van der Waals surface area contributed by atoms with Gasteiger partial charge in [0.1, 0.15) is 11.6 Å². The molecule has 2 aromatic rings. The highest BCUT2D eigenvalue weighted by atomic mass is 28.4. The molecular weight excluding hydrogens is 278 g/mol. The first-order valence-electron chi connectivity index (χ1n) is 7.23. The van der Waals surface area contributed by atoms with Crippen LogP contribution in [0.4, 0.5) is 11.5 Å². The van der Waals surface area contributed by atoms with Gasteiger partial charge in [-0.25, -0.2) is 0 Å². The number of anilines is 2. The summed E-state index contributed by atoms with van der Waals surface area (Å²) in [7, 11) is 0.144. The van der Waals surface area contributed by atoms with Gasteiger partial charge in [0, 0.05) is 18.8 Å². The number of benzene rings is 1. The summed E-state index contributed by atoms with van der Waals surface area (Å²) in [5, 5.41) is 7.68. The van der Waals surface area contributed by atoms with Crippen molar-refractivity contribution in [2.75, 3.05) is 5.32 Å². The number of hydrogen-bond acceptors (Lipinski definition) is 3. The number of aromatic nitrogens is 2. The van der Waals surface area contributed by atoms with Crippen molar-refractivity contribution in [1.29, 1.82) is 0 Å². The van der Waals surface area contributed by atoms with Crippen molar-refractivity contribution in [3.05, 3.63) is 36.5 Å². The quantitative estimate of drug-likeness (QED) is 0.842. The Balaban J connectivity index is 2.08. The van der Waals surface area contributed by atoms with Crippen LogP contribution in [0.15, 0.2) is 36.5 Å². The van der Waals surface area contributed by atoms with E-state index in [1.807, 2.05) is 37.4 Å². The molecule has 1 heterocycles. The van der Waals surface area contributed by atoms with E-state index >= 15 is 0 Å². The van der Waals surface area contributed by atoms with E-state index in [2.05, 4.69) is 44.3 Å². The van der Waals surface area contributed by atoms with Crippen molar-refractivity contribution in [2.24, 2.45) is 7.05 Å². The van der Waals surface area contributed by atoms with Gasteiger partial charge in [0.05, 0.1) is 6.20 Å². The molecule has 0 aliphatic rings. The van der Waals surface area contributed by atoms with Crippen LogP contribution in [0.5, 0.6) is 5.75 Å². The molecule has 1 aromatic heterocycles. The van der Waals surface area contributed by atoms with E-state index in [4.69, 9.17) is 4.43 Å². The molecule has 0 atom stereocenters. The van der Waals surface area contributed by atoms with Gasteiger partial charge in [-0.15, -0.1) is 0 Å². The number of aryl methyl sites for hydroxylation is 1. The van der Waals surface area contributed by atoms with Gasteiger partial charge in [-0.05, 0) is 42.4 Å². The molecular formula is C16H25N3OSi. The maximum absolute atomic E-state index is 6.27. The minimum absolute atomic E-state index is 0.207. The van der Waals surface area contributed by atoms with Gasteiger partial charge in [-0.3, -0.25) is 4.68 Å². The highest BCUT2D eigenvalue weighted by Crippen LogP contribution is 2.37. The van der Waals surface area contributed by atoms with E-state index < -0.39 is 8.32 Å². The van der Waals surface area contributed by atoms with Gasteiger partial charge in [-0.1, -0.05) is 20.8 Å². The minimum atomic E-state index is -1.77. The van der Waals surface area contributed by atoms with Crippen molar-refractivity contribution >= 4 is 19.8 Å². The number of nitrogens with one attached hydrogen (secondary N) is 1. The number of nitrogens with zero attached hydrogens (tertiary/aromatic N) is 2. The van der Waals surface area contributed by atoms with Crippen molar-refractivity contribution in [3.8, 4) is 5.75 Å². The molecule has 0 fully saturated rings. The molecule has 0 aliphatic heterocycles. The fourth-order valence-electron chi connectivity index (χ4n) is 1.70. The molecule has 21 heavy (non-hydrogen) atoms. The summed E-state index contributed by atoms with van der Waals surface area (Å²) in [5.41, 5.74) is 1.03. The molecule has 0 amide bonds. The molecule has 114 valence electrons. The zero-order valence-electron chi connectivity index (χ0n) is 13.8. The third kappa shape index (κ3) is 3.67. The van der Waals surface area contributed by atoms with Crippen LogP contribution in [-0.4, -0.2) is 18.1 Å². The number of rotatable bonds is 4. The molecule has 1 aromatic carbocycles. The normalized spacial score (nSPS) is 12.3. The van der Waals surface area contributed by atoms with Crippen LogP contribution >= 0.6 is 0 Å². The second-order valence-electron chi connectivity index (χ2n) is 6.85. The Labute approximate surface area is 128 Å². The Morgan fingerprint density at radius 3 is 2.19 bits per heavy atom. The Hall–Kier alpha value is -1.75. The Bertz CT molecular complexity index is 597. The third-order valence-electron chi connectivity index (χ3n) is 4.13. The molecule has 5 heteroatoms. The van der Waals surface area contributed by atoms with Crippen molar-refractivity contribution in [3.63, 3.8) is 0 Å². The smallest absolute Gasteiger partial charge is 0.250 e. The topological polar surface area (TPSA) is 39.1 Å². The van der Waals surface area contributed by atoms with E-state index in [0.717, 1.165) is 17.3 Å². The van der Waals surface area contributed by atoms with E-state index in [1.165, 1.54) is 0 Å². The lowest BCUT2D eigenvalue weighted by Crippen LogP contribution is -2.43. The Kier molecular flexibility index (Phi) is 4.14. The molecule has 4 nitrogen and oxygen atoms in total. The standard InChI is InChI=1S/C16H25N3OSi/c1-16(2,3)21(5,6)20-14-9-7-13(8-10-14)18-15-11-12-17-19(15)4/h7-12,18H,1-6H3. The second kappa shape index (κ2) is 5.56. The lowest BCUT2D eigenvalue weighted by atomic mass is 10.2. The van der Waals surface area contributed by atoms with E-state index in [1.54, 1.807) is 10.9 Å². The van der Waals surface area contributed by atoms with Gasteiger partial charge in [0.25, 0.3) is 0 Å². The predicted octanol–water partition coefficient (Wildman–Crippen LogP) is 4.55. The lowest BCUT2D eigenvalue weighted by Gasteiger charge is -2.36. The summed E-state index contributed by atoms with van der Waals surface area (Å²) in [6.45, 7) is 11.3. The maximum Gasteiger partial charge on any atom is 0.250 e. The maximum atomic E-state index is 6.27. The minimum Gasteiger partial charge on any atom is -0.544 e. The van der Waals surface area contributed by atoms with Crippen LogP contribution in [0.1, 0.15) is 20.8 Å². The Morgan fingerprint density at radius 1 is 1.10 bits per heavy atom. The molecule has 0 radical (unpaired) electrons. The van der Waals surface area contributed by atoms with E-state index in [9.17, 15) is 0 Å². The molecule has 1 N–H and O–H groups in total. The van der Waals surface area contributed by atoms with Gasteiger partial charge >= 0.3 is 0 Å². The van der Waals surface area contributed by atoms with Crippen molar-refractivity contribution < 1.29 is 4.43 Å². The fraction of sp³-hybridized carbons (Fsp3) is 0.438. The van der Waals surface area contributed by atoms with Gasteiger partial charge < -0.3 is 9.74 Å². The molecule has 0 aliphatic carbocycles. The first kappa shape index (κ1) is 15.6. The van der Waals surface area contributed by atoms with Gasteiger partial charge in [0.15, 0.2) is 0 Å². The average molecular weight is 303 g/mol. The predicted molar refractivity (Wildman–Crippen MR) is 90.8 cm³/mol. The van der Waals surface area contributed by atoms with Crippen LogP contribution in [0.3, 0.4) is 0 Å². The fourth-order valence-corrected chi connectivity index (χ4v) is 2.73. The summed E-state index contributed by atoms with van der Waals surface area (Å²) in [4.78, 5) is 0. The SMILES string of the molecule is Cn1nccc1Nc1ccc(O[Si](C)(C)C(C)(C)C)cc1. The largest absolute Gasteiger partial charge is 0.544 e. The number of hydrogen-bond donors (Lipinski definition) is 1. The third-order valence-corrected chi connectivity index (χ3v) is 8.49. The summed E-state index contributed by atoms with van der Waals surface area (Å²) in [5.74, 6) is 1.91. The first-order chi connectivity index (χ1) is 9.69.